The van der Waals surface area contributed by atoms with E-state index in [0.29, 0.717) is 18.7 Å². The second kappa shape index (κ2) is 6.12. The number of nitrogens with zero attached hydrogens (tertiary/aromatic N) is 3. The average molecular weight is 315 g/mol. The molecular weight excluding hydrogens is 298 g/mol. The van der Waals surface area contributed by atoms with Crippen LogP contribution in [0.25, 0.3) is 5.69 Å². The number of carboxylic acids is 1. The van der Waals surface area contributed by atoms with Crippen LogP contribution in [0.5, 0.6) is 5.75 Å². The molecule has 1 aromatic carbocycles. The van der Waals surface area contributed by atoms with E-state index in [1.807, 2.05) is 24.3 Å². The SMILES string of the molecule is COc1ccc(-n2ccc(C(=O)N3CCC(C(=O)O)C3)n2)cc1. The summed E-state index contributed by atoms with van der Waals surface area (Å²) in [7, 11) is 1.60. The van der Waals surface area contributed by atoms with Gasteiger partial charge in [0.2, 0.25) is 0 Å². The molecule has 1 aliphatic rings. The number of rotatable bonds is 4. The Balaban J connectivity index is 1.73. The van der Waals surface area contributed by atoms with E-state index < -0.39 is 11.9 Å². The summed E-state index contributed by atoms with van der Waals surface area (Å²) in [6.45, 7) is 0.689. The second-order valence-electron chi connectivity index (χ2n) is 5.42. The number of amides is 1. The predicted molar refractivity (Wildman–Crippen MR) is 81.8 cm³/mol. The molecule has 0 saturated carbocycles. The summed E-state index contributed by atoms with van der Waals surface area (Å²) in [4.78, 5) is 24.9. The molecule has 0 radical (unpaired) electrons. The summed E-state index contributed by atoms with van der Waals surface area (Å²) in [6, 6.07) is 8.96. The molecular formula is C16H17N3O4. The molecule has 0 spiro atoms. The number of carbonyl (C=O) groups excluding carboxylic acids is 1. The molecule has 1 aromatic heterocycles. The Morgan fingerprint density at radius 1 is 1.26 bits per heavy atom. The Kier molecular flexibility index (Phi) is 4.01. The smallest absolute Gasteiger partial charge is 0.308 e. The third-order valence-electron chi connectivity index (χ3n) is 3.97. The maximum Gasteiger partial charge on any atom is 0.308 e. The van der Waals surface area contributed by atoms with Crippen LogP contribution in [0.3, 0.4) is 0 Å². The zero-order chi connectivity index (χ0) is 16.4. The lowest BCUT2D eigenvalue weighted by Gasteiger charge is -2.13. The van der Waals surface area contributed by atoms with Gasteiger partial charge in [0.15, 0.2) is 5.69 Å². The minimum absolute atomic E-state index is 0.235. The first-order valence-electron chi connectivity index (χ1n) is 7.30. The van der Waals surface area contributed by atoms with Crippen molar-refractivity contribution in [2.45, 2.75) is 6.42 Å². The normalized spacial score (nSPS) is 17.3. The first-order valence-corrected chi connectivity index (χ1v) is 7.30. The Morgan fingerprint density at radius 3 is 2.61 bits per heavy atom. The summed E-state index contributed by atoms with van der Waals surface area (Å²) in [6.07, 6.45) is 2.19. The number of aromatic nitrogens is 2. The van der Waals surface area contributed by atoms with Crippen molar-refractivity contribution in [1.82, 2.24) is 14.7 Å². The van der Waals surface area contributed by atoms with Crippen molar-refractivity contribution in [2.24, 2.45) is 5.92 Å². The highest BCUT2D eigenvalue weighted by Gasteiger charge is 2.32. The molecule has 1 atom stereocenters. The zero-order valence-corrected chi connectivity index (χ0v) is 12.7. The van der Waals surface area contributed by atoms with Gasteiger partial charge in [-0.05, 0) is 36.8 Å². The largest absolute Gasteiger partial charge is 0.497 e. The molecule has 0 aliphatic carbocycles. The fraction of sp³-hybridized carbons (Fsp3) is 0.312. The van der Waals surface area contributed by atoms with Gasteiger partial charge in [-0.25, -0.2) is 4.68 Å². The lowest BCUT2D eigenvalue weighted by Crippen LogP contribution is -2.30. The molecule has 120 valence electrons. The van der Waals surface area contributed by atoms with E-state index >= 15 is 0 Å². The van der Waals surface area contributed by atoms with E-state index in [1.165, 1.54) is 0 Å². The quantitative estimate of drug-likeness (QED) is 0.922. The van der Waals surface area contributed by atoms with Gasteiger partial charge in [-0.2, -0.15) is 5.10 Å². The number of carbonyl (C=O) groups is 2. The molecule has 0 bridgehead atoms. The fourth-order valence-electron chi connectivity index (χ4n) is 2.63. The molecule has 1 saturated heterocycles. The number of aliphatic carboxylic acids is 1. The number of likely N-dealkylation sites (tertiary alicyclic amines) is 1. The van der Waals surface area contributed by atoms with Crippen LogP contribution in [-0.2, 0) is 4.79 Å². The lowest BCUT2D eigenvalue weighted by molar-refractivity contribution is -0.141. The minimum Gasteiger partial charge on any atom is -0.497 e. The third kappa shape index (κ3) is 3.03. The molecule has 1 aliphatic heterocycles. The van der Waals surface area contributed by atoms with E-state index in [9.17, 15) is 9.59 Å². The van der Waals surface area contributed by atoms with Gasteiger partial charge in [0.1, 0.15) is 5.75 Å². The van der Waals surface area contributed by atoms with E-state index in [1.54, 1.807) is 29.0 Å². The number of benzene rings is 1. The van der Waals surface area contributed by atoms with Crippen LogP contribution >= 0.6 is 0 Å². The number of methoxy groups -OCH3 is 1. The van der Waals surface area contributed by atoms with Crippen LogP contribution in [0.4, 0.5) is 0 Å². The van der Waals surface area contributed by atoms with Crippen molar-refractivity contribution in [3.8, 4) is 11.4 Å². The molecule has 1 unspecified atom stereocenters. The number of hydrogen-bond acceptors (Lipinski definition) is 4. The van der Waals surface area contributed by atoms with Crippen LogP contribution in [0.15, 0.2) is 36.5 Å². The number of hydrogen-bond donors (Lipinski definition) is 1. The monoisotopic (exact) mass is 315 g/mol. The summed E-state index contributed by atoms with van der Waals surface area (Å²) < 4.78 is 6.72. The highest BCUT2D eigenvalue weighted by molar-refractivity contribution is 5.93. The van der Waals surface area contributed by atoms with Crippen molar-refractivity contribution < 1.29 is 19.4 Å². The summed E-state index contributed by atoms with van der Waals surface area (Å²) >= 11 is 0. The van der Waals surface area contributed by atoms with E-state index in [2.05, 4.69) is 5.10 Å². The van der Waals surface area contributed by atoms with Gasteiger partial charge in [-0.15, -0.1) is 0 Å². The highest BCUT2D eigenvalue weighted by atomic mass is 16.5. The highest BCUT2D eigenvalue weighted by Crippen LogP contribution is 2.19. The fourth-order valence-corrected chi connectivity index (χ4v) is 2.63. The zero-order valence-electron chi connectivity index (χ0n) is 12.7. The van der Waals surface area contributed by atoms with E-state index in [-0.39, 0.29) is 12.5 Å². The third-order valence-corrected chi connectivity index (χ3v) is 3.97. The minimum atomic E-state index is -0.857. The van der Waals surface area contributed by atoms with Crippen LogP contribution in [-0.4, -0.2) is 51.9 Å². The molecule has 2 aromatic rings. The van der Waals surface area contributed by atoms with Crippen molar-refractivity contribution in [3.63, 3.8) is 0 Å². The van der Waals surface area contributed by atoms with Gasteiger partial charge in [-0.1, -0.05) is 0 Å². The molecule has 3 rings (SSSR count). The molecule has 7 heteroatoms. The van der Waals surface area contributed by atoms with Crippen molar-refractivity contribution in [1.29, 1.82) is 0 Å². The van der Waals surface area contributed by atoms with Crippen LogP contribution in [0.1, 0.15) is 16.9 Å². The van der Waals surface area contributed by atoms with Gasteiger partial charge in [0, 0.05) is 19.3 Å². The Hall–Kier alpha value is -2.83. The average Bonchev–Trinajstić information content (AvgIpc) is 3.24. The molecule has 23 heavy (non-hydrogen) atoms. The Morgan fingerprint density at radius 2 is 2.00 bits per heavy atom. The number of carboxylic acid groups (broad SMARTS) is 1. The molecule has 1 N–H and O–H groups in total. The van der Waals surface area contributed by atoms with Crippen LogP contribution in [0, 0.1) is 5.92 Å². The summed E-state index contributed by atoms with van der Waals surface area (Å²) in [5.74, 6) is -0.832. The molecule has 7 nitrogen and oxygen atoms in total. The first kappa shape index (κ1) is 15.1. The Labute approximate surface area is 133 Å². The van der Waals surface area contributed by atoms with Gasteiger partial charge in [0.05, 0.1) is 18.7 Å². The van der Waals surface area contributed by atoms with E-state index in [4.69, 9.17) is 9.84 Å². The van der Waals surface area contributed by atoms with Gasteiger partial charge in [0.25, 0.3) is 5.91 Å². The summed E-state index contributed by atoms with van der Waals surface area (Å²) in [5.41, 5.74) is 1.13. The molecule has 1 fully saturated rings. The molecule has 2 heterocycles. The van der Waals surface area contributed by atoms with Crippen molar-refractivity contribution in [3.05, 3.63) is 42.2 Å². The van der Waals surface area contributed by atoms with Crippen molar-refractivity contribution in [2.75, 3.05) is 20.2 Å². The van der Waals surface area contributed by atoms with Gasteiger partial charge >= 0.3 is 5.97 Å². The van der Waals surface area contributed by atoms with Gasteiger partial charge < -0.3 is 14.7 Å². The first-order chi connectivity index (χ1) is 11.1. The number of ether oxygens (including phenoxy) is 1. The maximum absolute atomic E-state index is 12.4. The van der Waals surface area contributed by atoms with E-state index in [0.717, 1.165) is 11.4 Å². The van der Waals surface area contributed by atoms with Gasteiger partial charge in [-0.3, -0.25) is 9.59 Å². The van der Waals surface area contributed by atoms with Crippen molar-refractivity contribution >= 4 is 11.9 Å². The topological polar surface area (TPSA) is 84.7 Å². The predicted octanol–water partition coefficient (Wildman–Crippen LogP) is 1.43. The Bertz CT molecular complexity index is 723. The summed E-state index contributed by atoms with van der Waals surface area (Å²) in [5, 5.41) is 13.3. The maximum atomic E-state index is 12.4. The van der Waals surface area contributed by atoms with Crippen LogP contribution in [0.2, 0.25) is 0 Å². The standard InChI is InChI=1S/C16H17N3O4/c1-23-13-4-2-12(3-5-13)19-9-7-14(17-19)15(20)18-8-6-11(10-18)16(21)22/h2-5,7,9,11H,6,8,10H2,1H3,(H,21,22). The molecule has 1 amide bonds. The lowest BCUT2D eigenvalue weighted by atomic mass is 10.1. The second-order valence-corrected chi connectivity index (χ2v) is 5.42. The van der Waals surface area contributed by atoms with Crippen LogP contribution < -0.4 is 4.74 Å².